The van der Waals surface area contributed by atoms with Gasteiger partial charge in [0.25, 0.3) is 0 Å². The van der Waals surface area contributed by atoms with Crippen LogP contribution >= 0.6 is 0 Å². The molecule has 1 aromatic rings. The average molecular weight is 249 g/mol. The smallest absolute Gasteiger partial charge is 0.123 e. The molecule has 0 aliphatic carbocycles. The molecule has 1 N–H and O–H groups in total. The minimum absolute atomic E-state index is 0.269. The lowest BCUT2D eigenvalue weighted by Gasteiger charge is -2.22. The van der Waals surface area contributed by atoms with Gasteiger partial charge in [-0.05, 0) is 37.4 Å². The molecule has 2 heteroatoms. The highest BCUT2D eigenvalue weighted by Crippen LogP contribution is 2.29. The Hall–Kier alpha value is -1.02. The van der Waals surface area contributed by atoms with E-state index in [0.717, 1.165) is 31.6 Å². The second kappa shape index (κ2) is 8.15. The van der Waals surface area contributed by atoms with Gasteiger partial charge in [-0.1, -0.05) is 45.4 Å². The van der Waals surface area contributed by atoms with Crippen molar-refractivity contribution in [2.24, 2.45) is 0 Å². The summed E-state index contributed by atoms with van der Waals surface area (Å²) >= 11 is 0. The van der Waals surface area contributed by atoms with Crippen LogP contribution in [0.4, 0.5) is 0 Å². The fraction of sp³-hybridized carbons (Fsp3) is 0.625. The van der Waals surface area contributed by atoms with E-state index in [4.69, 9.17) is 4.74 Å². The highest BCUT2D eigenvalue weighted by Gasteiger charge is 2.14. The van der Waals surface area contributed by atoms with Crippen LogP contribution in [0, 0.1) is 0 Å². The molecular formula is C16H27NO. The minimum atomic E-state index is 0.269. The molecule has 2 unspecified atom stereocenters. The van der Waals surface area contributed by atoms with Gasteiger partial charge in [-0.3, -0.25) is 0 Å². The van der Waals surface area contributed by atoms with Gasteiger partial charge in [0.1, 0.15) is 11.9 Å². The summed E-state index contributed by atoms with van der Waals surface area (Å²) in [4.78, 5) is 0. The van der Waals surface area contributed by atoms with E-state index in [0.29, 0.717) is 5.92 Å². The number of ether oxygens (including phenoxy) is 1. The average Bonchev–Trinajstić information content (AvgIpc) is 2.39. The first-order valence-corrected chi connectivity index (χ1v) is 7.13. The van der Waals surface area contributed by atoms with Gasteiger partial charge in [-0.2, -0.15) is 0 Å². The first-order chi connectivity index (χ1) is 8.72. The number of likely N-dealkylation sites (N-methyl/N-ethyl adjacent to an activating group) is 1. The van der Waals surface area contributed by atoms with Crippen molar-refractivity contribution >= 4 is 0 Å². The van der Waals surface area contributed by atoms with Crippen molar-refractivity contribution in [1.29, 1.82) is 0 Å². The molecule has 1 rings (SSSR count). The molecule has 0 saturated heterocycles. The molecular weight excluding hydrogens is 222 g/mol. The van der Waals surface area contributed by atoms with E-state index < -0.39 is 0 Å². The number of nitrogens with one attached hydrogen (secondary N) is 1. The molecule has 0 amide bonds. The van der Waals surface area contributed by atoms with Gasteiger partial charge in [0.2, 0.25) is 0 Å². The van der Waals surface area contributed by atoms with Gasteiger partial charge < -0.3 is 10.1 Å². The van der Waals surface area contributed by atoms with Crippen LogP contribution in [0.5, 0.6) is 5.75 Å². The van der Waals surface area contributed by atoms with E-state index in [9.17, 15) is 0 Å². The molecule has 0 spiro atoms. The fourth-order valence-corrected chi connectivity index (χ4v) is 2.15. The zero-order valence-electron chi connectivity index (χ0n) is 12.2. The third-order valence-electron chi connectivity index (χ3n) is 3.40. The zero-order valence-corrected chi connectivity index (χ0v) is 12.2. The van der Waals surface area contributed by atoms with E-state index in [1.54, 1.807) is 0 Å². The third kappa shape index (κ3) is 4.34. The van der Waals surface area contributed by atoms with Crippen LogP contribution < -0.4 is 10.1 Å². The van der Waals surface area contributed by atoms with Crippen molar-refractivity contribution in [3.05, 3.63) is 29.8 Å². The Morgan fingerprint density at radius 1 is 1.22 bits per heavy atom. The van der Waals surface area contributed by atoms with Crippen LogP contribution in [0.2, 0.25) is 0 Å². The molecule has 1 aromatic carbocycles. The molecule has 18 heavy (non-hydrogen) atoms. The van der Waals surface area contributed by atoms with Crippen LogP contribution in [0.3, 0.4) is 0 Å². The van der Waals surface area contributed by atoms with Crippen molar-refractivity contribution in [1.82, 2.24) is 5.32 Å². The summed E-state index contributed by atoms with van der Waals surface area (Å²) in [7, 11) is 1.98. The molecule has 2 nitrogen and oxygen atoms in total. The zero-order chi connectivity index (χ0) is 13.4. The molecule has 2 atom stereocenters. The summed E-state index contributed by atoms with van der Waals surface area (Å²) < 4.78 is 6.19. The Balaban J connectivity index is 2.80. The maximum atomic E-state index is 6.19. The van der Waals surface area contributed by atoms with E-state index in [1.807, 2.05) is 7.05 Å². The quantitative estimate of drug-likeness (QED) is 0.753. The first-order valence-electron chi connectivity index (χ1n) is 7.13. The maximum absolute atomic E-state index is 6.19. The van der Waals surface area contributed by atoms with Gasteiger partial charge >= 0.3 is 0 Å². The second-order valence-corrected chi connectivity index (χ2v) is 4.93. The van der Waals surface area contributed by atoms with Gasteiger partial charge in [-0.15, -0.1) is 0 Å². The summed E-state index contributed by atoms with van der Waals surface area (Å²) in [6.07, 6.45) is 3.66. The highest BCUT2D eigenvalue weighted by atomic mass is 16.5. The number of para-hydroxylation sites is 1. The van der Waals surface area contributed by atoms with Crippen molar-refractivity contribution in [3.8, 4) is 5.75 Å². The van der Waals surface area contributed by atoms with Crippen LogP contribution in [0.25, 0.3) is 0 Å². The minimum Gasteiger partial charge on any atom is -0.489 e. The lowest BCUT2D eigenvalue weighted by atomic mass is 9.98. The Morgan fingerprint density at radius 3 is 2.56 bits per heavy atom. The van der Waals surface area contributed by atoms with Gasteiger partial charge in [0.15, 0.2) is 0 Å². The summed E-state index contributed by atoms with van der Waals surface area (Å²) in [6, 6.07) is 8.44. The molecule has 0 heterocycles. The largest absolute Gasteiger partial charge is 0.489 e. The molecule has 0 aromatic heterocycles. The van der Waals surface area contributed by atoms with Crippen LogP contribution in [-0.2, 0) is 0 Å². The lowest BCUT2D eigenvalue weighted by molar-refractivity contribution is 0.187. The van der Waals surface area contributed by atoms with E-state index in [-0.39, 0.29) is 6.10 Å². The van der Waals surface area contributed by atoms with E-state index in [1.165, 1.54) is 5.56 Å². The number of rotatable bonds is 8. The fourth-order valence-electron chi connectivity index (χ4n) is 2.15. The predicted octanol–water partition coefficient (Wildman–Crippen LogP) is 3.97. The predicted molar refractivity (Wildman–Crippen MR) is 78.4 cm³/mol. The monoisotopic (exact) mass is 249 g/mol. The first kappa shape index (κ1) is 15.0. The van der Waals surface area contributed by atoms with Gasteiger partial charge in [-0.25, -0.2) is 0 Å². The molecule has 0 saturated carbocycles. The van der Waals surface area contributed by atoms with Crippen LogP contribution in [0.15, 0.2) is 24.3 Å². The lowest BCUT2D eigenvalue weighted by Crippen LogP contribution is -2.29. The van der Waals surface area contributed by atoms with E-state index >= 15 is 0 Å². The van der Waals surface area contributed by atoms with Crippen LogP contribution in [0.1, 0.15) is 51.5 Å². The Labute approximate surface area is 112 Å². The number of hydrogen-bond acceptors (Lipinski definition) is 2. The van der Waals surface area contributed by atoms with Crippen molar-refractivity contribution < 1.29 is 4.74 Å². The maximum Gasteiger partial charge on any atom is 0.123 e. The molecule has 0 aliphatic rings. The Morgan fingerprint density at radius 2 is 1.94 bits per heavy atom. The standard InChI is InChI=1S/C16H27NO/c1-5-9-14(12-17-4)18-16-11-8-7-10-15(16)13(3)6-2/h7-8,10-11,13-14,17H,5-6,9,12H2,1-4H3. The molecule has 102 valence electrons. The number of benzene rings is 1. The molecule has 0 aliphatic heterocycles. The van der Waals surface area contributed by atoms with Gasteiger partial charge in [0.05, 0.1) is 0 Å². The van der Waals surface area contributed by atoms with Crippen LogP contribution in [-0.4, -0.2) is 19.7 Å². The normalized spacial score (nSPS) is 14.2. The SMILES string of the molecule is CCCC(CNC)Oc1ccccc1C(C)CC. The topological polar surface area (TPSA) is 21.3 Å². The summed E-state index contributed by atoms with van der Waals surface area (Å²) in [5.74, 6) is 1.61. The Bertz CT molecular complexity index is 332. The summed E-state index contributed by atoms with van der Waals surface area (Å²) in [5, 5.41) is 3.21. The second-order valence-electron chi connectivity index (χ2n) is 4.93. The molecule has 0 fully saturated rings. The van der Waals surface area contributed by atoms with Crippen molar-refractivity contribution in [2.45, 2.75) is 52.1 Å². The number of hydrogen-bond donors (Lipinski definition) is 1. The summed E-state index contributed by atoms with van der Waals surface area (Å²) in [6.45, 7) is 7.59. The summed E-state index contributed by atoms with van der Waals surface area (Å²) in [5.41, 5.74) is 1.33. The van der Waals surface area contributed by atoms with E-state index in [2.05, 4.69) is 50.4 Å². The van der Waals surface area contributed by atoms with Crippen molar-refractivity contribution in [2.75, 3.05) is 13.6 Å². The third-order valence-corrected chi connectivity index (χ3v) is 3.40. The molecule has 0 radical (unpaired) electrons. The van der Waals surface area contributed by atoms with Crippen molar-refractivity contribution in [3.63, 3.8) is 0 Å². The van der Waals surface area contributed by atoms with Gasteiger partial charge in [0, 0.05) is 6.54 Å². The Kier molecular flexibility index (Phi) is 6.81. The highest BCUT2D eigenvalue weighted by molar-refractivity contribution is 5.36. The molecule has 0 bridgehead atoms.